The maximum Gasteiger partial charge on any atom is 1.00 e. The van der Waals surface area contributed by atoms with E-state index in [-0.39, 0.29) is 48.8 Å². The van der Waals surface area contributed by atoms with Crippen molar-refractivity contribution in [1.29, 1.82) is 0 Å². The molecule has 0 radical (unpaired) electrons. The van der Waals surface area contributed by atoms with E-state index in [9.17, 15) is 19.5 Å². The Morgan fingerprint density at radius 3 is 2.24 bits per heavy atom. The molecule has 0 rings (SSSR count). The maximum atomic E-state index is 10.8. The van der Waals surface area contributed by atoms with Gasteiger partial charge < -0.3 is 19.7 Å². The van der Waals surface area contributed by atoms with Crippen molar-refractivity contribution >= 4 is 17.9 Å². The summed E-state index contributed by atoms with van der Waals surface area (Å²) in [5.41, 5.74) is 0. The molecule has 6 nitrogen and oxygen atoms in total. The van der Waals surface area contributed by atoms with Crippen LogP contribution in [0.3, 0.4) is 0 Å². The van der Waals surface area contributed by atoms with Crippen molar-refractivity contribution in [1.82, 2.24) is 0 Å². The van der Waals surface area contributed by atoms with Gasteiger partial charge in [-0.3, -0.25) is 9.59 Å². The topological polar surface area (TPSA) is 104 Å². The van der Waals surface area contributed by atoms with Crippen LogP contribution in [0.4, 0.5) is 0 Å². The van der Waals surface area contributed by atoms with Crippen LogP contribution in [0.1, 0.15) is 26.2 Å². The van der Waals surface area contributed by atoms with Gasteiger partial charge in [0.1, 0.15) is 0 Å². The normalized spacial score (nSPS) is 13.1. The van der Waals surface area contributed by atoms with Gasteiger partial charge in [-0.15, -0.1) is 0 Å². The largest absolute Gasteiger partial charge is 1.00 e. The number of hydrogen-bond acceptors (Lipinski definition) is 5. The van der Waals surface area contributed by atoms with Gasteiger partial charge in [0.25, 0.3) is 0 Å². The molecule has 0 amide bonds. The van der Waals surface area contributed by atoms with Gasteiger partial charge in [-0.25, -0.2) is 0 Å². The molecular weight excluding hydrogens is 239 g/mol. The number of methoxy groups -OCH3 is 1. The standard InChI is InChI=1S/C10H16O6.Na/c1-6(9(12)13)5-7(10(14)15)3-4-8(11)16-2;/h6-7H,3-5H2,1-2H3,(H,12,13)(H,14,15);/q;+1/p-1. The van der Waals surface area contributed by atoms with E-state index in [0.717, 1.165) is 0 Å². The molecule has 0 aromatic rings. The number of rotatable bonds is 7. The summed E-state index contributed by atoms with van der Waals surface area (Å²) in [5, 5.41) is 19.3. The SMILES string of the molecule is COC(=O)CCC(CC(C)C(=O)[O-])C(=O)O.[Na+]. The first-order valence-electron chi connectivity index (χ1n) is 4.89. The Morgan fingerprint density at radius 1 is 1.35 bits per heavy atom. The minimum absolute atomic E-state index is 0. The molecule has 0 aliphatic heterocycles. The predicted octanol–water partition coefficient (Wildman–Crippen LogP) is -3.58. The molecule has 0 fully saturated rings. The molecule has 0 aliphatic rings. The van der Waals surface area contributed by atoms with Gasteiger partial charge >= 0.3 is 41.5 Å². The zero-order chi connectivity index (χ0) is 12.7. The van der Waals surface area contributed by atoms with Gasteiger partial charge in [0.05, 0.1) is 13.0 Å². The molecule has 2 atom stereocenters. The third kappa shape index (κ3) is 8.18. The van der Waals surface area contributed by atoms with Gasteiger partial charge in [-0.2, -0.15) is 0 Å². The number of ether oxygens (including phenoxy) is 1. The van der Waals surface area contributed by atoms with Crippen molar-refractivity contribution in [3.8, 4) is 0 Å². The molecule has 7 heteroatoms. The first-order chi connectivity index (χ1) is 7.38. The van der Waals surface area contributed by atoms with Crippen molar-refractivity contribution in [2.75, 3.05) is 7.11 Å². The minimum atomic E-state index is -1.29. The van der Waals surface area contributed by atoms with Gasteiger partial charge in [0.15, 0.2) is 0 Å². The first kappa shape index (κ1) is 18.8. The molecule has 92 valence electrons. The number of hydrogen-bond donors (Lipinski definition) is 1. The van der Waals surface area contributed by atoms with Crippen molar-refractivity contribution < 1.29 is 58.9 Å². The van der Waals surface area contributed by atoms with E-state index in [4.69, 9.17) is 5.11 Å². The number of carbonyl (C=O) groups is 3. The van der Waals surface area contributed by atoms with Crippen LogP contribution in [0.15, 0.2) is 0 Å². The number of aliphatic carboxylic acids is 2. The van der Waals surface area contributed by atoms with Crippen molar-refractivity contribution in [2.45, 2.75) is 26.2 Å². The molecular formula is C10H15NaO6. The summed E-state index contributed by atoms with van der Waals surface area (Å²) < 4.78 is 4.37. The van der Waals surface area contributed by atoms with Crippen LogP contribution in [0.2, 0.25) is 0 Å². The summed E-state index contributed by atoms with van der Waals surface area (Å²) in [6.07, 6.45) is -0.0124. The van der Waals surface area contributed by atoms with Crippen molar-refractivity contribution in [3.63, 3.8) is 0 Å². The third-order valence-corrected chi connectivity index (χ3v) is 2.31. The number of carboxylic acids is 2. The summed E-state index contributed by atoms with van der Waals surface area (Å²) >= 11 is 0. The van der Waals surface area contributed by atoms with E-state index in [1.165, 1.54) is 14.0 Å². The summed E-state index contributed by atoms with van der Waals surface area (Å²) in [6, 6.07) is 0. The van der Waals surface area contributed by atoms with Crippen LogP contribution < -0.4 is 34.7 Å². The molecule has 0 aromatic carbocycles. The Balaban J connectivity index is 0. The Bertz CT molecular complexity index is 278. The quantitative estimate of drug-likeness (QED) is 0.372. The fourth-order valence-electron chi connectivity index (χ4n) is 1.26. The smallest absolute Gasteiger partial charge is 0.550 e. The molecule has 0 saturated heterocycles. The monoisotopic (exact) mass is 254 g/mol. The van der Waals surface area contributed by atoms with Crippen LogP contribution in [0.5, 0.6) is 0 Å². The second-order valence-electron chi connectivity index (χ2n) is 3.61. The van der Waals surface area contributed by atoms with E-state index in [1.54, 1.807) is 0 Å². The molecule has 0 heterocycles. The molecule has 0 aromatic heterocycles. The van der Waals surface area contributed by atoms with E-state index in [2.05, 4.69) is 4.74 Å². The summed E-state index contributed by atoms with van der Waals surface area (Å²) in [5.74, 6) is -4.63. The molecule has 0 bridgehead atoms. The summed E-state index contributed by atoms with van der Waals surface area (Å²) in [6.45, 7) is 1.38. The van der Waals surface area contributed by atoms with Crippen LogP contribution in [0.25, 0.3) is 0 Å². The Labute approximate surface area is 122 Å². The van der Waals surface area contributed by atoms with Crippen LogP contribution in [-0.2, 0) is 19.1 Å². The van der Waals surface area contributed by atoms with E-state index < -0.39 is 29.7 Å². The van der Waals surface area contributed by atoms with Crippen LogP contribution in [0, 0.1) is 11.8 Å². The first-order valence-corrected chi connectivity index (χ1v) is 4.89. The fourth-order valence-corrected chi connectivity index (χ4v) is 1.26. The van der Waals surface area contributed by atoms with Gasteiger partial charge in [-0.05, 0) is 18.8 Å². The zero-order valence-corrected chi connectivity index (χ0v) is 12.3. The van der Waals surface area contributed by atoms with E-state index >= 15 is 0 Å². The minimum Gasteiger partial charge on any atom is -0.550 e. The predicted molar refractivity (Wildman–Crippen MR) is 51.2 cm³/mol. The second kappa shape index (κ2) is 9.44. The Hall–Kier alpha value is -0.590. The average molecular weight is 254 g/mol. The Kier molecular flexibility index (Phi) is 10.4. The average Bonchev–Trinajstić information content (AvgIpc) is 2.22. The molecule has 1 N–H and O–H groups in total. The maximum absolute atomic E-state index is 10.8. The number of carboxylic acid groups (broad SMARTS) is 2. The van der Waals surface area contributed by atoms with Crippen molar-refractivity contribution in [2.24, 2.45) is 11.8 Å². The van der Waals surface area contributed by atoms with Crippen molar-refractivity contribution in [3.05, 3.63) is 0 Å². The van der Waals surface area contributed by atoms with Gasteiger partial charge in [0, 0.05) is 12.4 Å². The van der Waals surface area contributed by atoms with E-state index in [1.807, 2.05) is 0 Å². The van der Waals surface area contributed by atoms with Crippen LogP contribution >= 0.6 is 0 Å². The molecule has 0 spiro atoms. The van der Waals surface area contributed by atoms with Gasteiger partial charge in [-0.1, -0.05) is 6.92 Å². The number of esters is 1. The molecule has 2 unspecified atom stereocenters. The molecule has 0 saturated carbocycles. The third-order valence-electron chi connectivity index (χ3n) is 2.31. The zero-order valence-electron chi connectivity index (χ0n) is 10.3. The fraction of sp³-hybridized carbons (Fsp3) is 0.700. The van der Waals surface area contributed by atoms with E-state index in [0.29, 0.717) is 0 Å². The second-order valence-corrected chi connectivity index (χ2v) is 3.61. The molecule has 17 heavy (non-hydrogen) atoms. The summed E-state index contributed by atoms with van der Waals surface area (Å²) in [4.78, 5) is 32.1. The summed E-state index contributed by atoms with van der Waals surface area (Å²) in [7, 11) is 1.21. The Morgan fingerprint density at radius 2 is 1.88 bits per heavy atom. The molecule has 0 aliphatic carbocycles. The van der Waals surface area contributed by atoms with Gasteiger partial charge in [0.2, 0.25) is 0 Å². The van der Waals surface area contributed by atoms with Crippen LogP contribution in [-0.4, -0.2) is 30.1 Å². The number of carbonyl (C=O) groups excluding carboxylic acids is 2.